The molecule has 1 aliphatic rings. The molecule has 0 spiro atoms. The van der Waals surface area contributed by atoms with E-state index in [0.717, 1.165) is 12.8 Å². The van der Waals surface area contributed by atoms with Crippen LogP contribution in [0.1, 0.15) is 38.3 Å². The quantitative estimate of drug-likeness (QED) is 0.503. The predicted octanol–water partition coefficient (Wildman–Crippen LogP) is 2.70. The molecule has 0 bridgehead atoms. The first-order chi connectivity index (χ1) is 9.81. The highest BCUT2D eigenvalue weighted by Crippen LogP contribution is 2.33. The van der Waals surface area contributed by atoms with Crippen LogP contribution in [0.2, 0.25) is 5.28 Å². The SMILES string of the molecule is Cc1nc(Cl)nc(NCC2(O)CCC(C)CC2)c1[N+](=O)[O-]. The molecule has 1 aromatic heterocycles. The maximum absolute atomic E-state index is 11.1. The van der Waals surface area contributed by atoms with Gasteiger partial charge >= 0.3 is 5.69 Å². The molecular weight excluding hydrogens is 296 g/mol. The van der Waals surface area contributed by atoms with Gasteiger partial charge in [0.2, 0.25) is 11.1 Å². The lowest BCUT2D eigenvalue weighted by Gasteiger charge is -2.35. The fourth-order valence-electron chi connectivity index (χ4n) is 2.60. The van der Waals surface area contributed by atoms with Gasteiger partial charge in [0.25, 0.3) is 0 Å². The maximum Gasteiger partial charge on any atom is 0.332 e. The zero-order valence-corrected chi connectivity index (χ0v) is 12.9. The molecular formula is C13H19ClN4O3. The Morgan fingerprint density at radius 3 is 2.67 bits per heavy atom. The van der Waals surface area contributed by atoms with Crippen molar-refractivity contribution in [1.29, 1.82) is 0 Å². The molecule has 1 aromatic rings. The van der Waals surface area contributed by atoms with Gasteiger partial charge in [0.15, 0.2) is 0 Å². The lowest BCUT2D eigenvalue weighted by molar-refractivity contribution is -0.385. The lowest BCUT2D eigenvalue weighted by Crippen LogP contribution is -2.40. The molecule has 0 atom stereocenters. The van der Waals surface area contributed by atoms with Crippen molar-refractivity contribution in [3.05, 3.63) is 21.1 Å². The average Bonchev–Trinajstić information content (AvgIpc) is 2.39. The number of hydrogen-bond acceptors (Lipinski definition) is 6. The van der Waals surface area contributed by atoms with Crippen LogP contribution in [0.25, 0.3) is 0 Å². The maximum atomic E-state index is 11.1. The van der Waals surface area contributed by atoms with Gasteiger partial charge in [-0.25, -0.2) is 4.98 Å². The highest BCUT2D eigenvalue weighted by molar-refractivity contribution is 6.28. The minimum Gasteiger partial charge on any atom is -0.388 e. The van der Waals surface area contributed by atoms with Gasteiger partial charge in [0.1, 0.15) is 5.69 Å². The second-order valence-corrected chi connectivity index (χ2v) is 6.13. The fraction of sp³-hybridized carbons (Fsp3) is 0.692. The molecule has 2 N–H and O–H groups in total. The molecule has 0 aromatic carbocycles. The minimum atomic E-state index is -0.855. The third kappa shape index (κ3) is 3.79. The number of rotatable bonds is 4. The number of nitrogens with zero attached hydrogens (tertiary/aromatic N) is 3. The van der Waals surface area contributed by atoms with E-state index < -0.39 is 10.5 Å². The van der Waals surface area contributed by atoms with Gasteiger partial charge in [0.05, 0.1) is 10.5 Å². The van der Waals surface area contributed by atoms with E-state index in [2.05, 4.69) is 22.2 Å². The van der Waals surface area contributed by atoms with E-state index in [-0.39, 0.29) is 29.0 Å². The largest absolute Gasteiger partial charge is 0.388 e. The van der Waals surface area contributed by atoms with Crippen molar-refractivity contribution in [2.75, 3.05) is 11.9 Å². The first kappa shape index (κ1) is 15.9. The van der Waals surface area contributed by atoms with E-state index in [4.69, 9.17) is 11.6 Å². The van der Waals surface area contributed by atoms with Gasteiger partial charge in [-0.15, -0.1) is 0 Å². The van der Waals surface area contributed by atoms with E-state index in [1.165, 1.54) is 6.92 Å². The summed E-state index contributed by atoms with van der Waals surface area (Å²) in [5, 5.41) is 24.4. The zero-order valence-electron chi connectivity index (χ0n) is 12.1. The van der Waals surface area contributed by atoms with Crippen LogP contribution in [0.4, 0.5) is 11.5 Å². The Bertz CT molecular complexity index is 544. The molecule has 7 nitrogen and oxygen atoms in total. The molecule has 0 amide bonds. The van der Waals surface area contributed by atoms with Gasteiger partial charge in [-0.05, 0) is 50.1 Å². The summed E-state index contributed by atoms with van der Waals surface area (Å²) >= 11 is 5.75. The van der Waals surface area contributed by atoms with Crippen molar-refractivity contribution < 1.29 is 10.0 Å². The molecule has 116 valence electrons. The Morgan fingerprint density at radius 1 is 1.48 bits per heavy atom. The van der Waals surface area contributed by atoms with Crippen molar-refractivity contribution in [2.24, 2.45) is 5.92 Å². The number of halogens is 1. The third-order valence-electron chi connectivity index (χ3n) is 4.00. The molecule has 1 aliphatic carbocycles. The van der Waals surface area contributed by atoms with Crippen LogP contribution in [-0.2, 0) is 0 Å². The Morgan fingerprint density at radius 2 is 2.10 bits per heavy atom. The van der Waals surface area contributed by atoms with Gasteiger partial charge in [-0.1, -0.05) is 6.92 Å². The summed E-state index contributed by atoms with van der Waals surface area (Å²) in [5.74, 6) is 0.667. The molecule has 2 rings (SSSR count). The molecule has 1 saturated carbocycles. The van der Waals surface area contributed by atoms with E-state index in [9.17, 15) is 15.2 Å². The Hall–Kier alpha value is -1.47. The molecule has 0 saturated heterocycles. The van der Waals surface area contributed by atoms with Crippen LogP contribution < -0.4 is 5.32 Å². The van der Waals surface area contributed by atoms with Crippen LogP contribution in [0.15, 0.2) is 0 Å². The molecule has 1 heterocycles. The van der Waals surface area contributed by atoms with E-state index in [0.29, 0.717) is 18.8 Å². The summed E-state index contributed by atoms with van der Waals surface area (Å²) in [6.45, 7) is 3.88. The van der Waals surface area contributed by atoms with Crippen LogP contribution in [0.3, 0.4) is 0 Å². The van der Waals surface area contributed by atoms with Gasteiger partial charge in [-0.3, -0.25) is 10.1 Å². The summed E-state index contributed by atoms with van der Waals surface area (Å²) in [4.78, 5) is 18.2. The molecule has 0 radical (unpaired) electrons. The van der Waals surface area contributed by atoms with Crippen LogP contribution in [0.5, 0.6) is 0 Å². The number of aryl methyl sites for hydroxylation is 1. The second kappa shape index (κ2) is 6.11. The van der Waals surface area contributed by atoms with E-state index in [1.54, 1.807) is 0 Å². The Kier molecular flexibility index (Phi) is 4.63. The first-order valence-electron chi connectivity index (χ1n) is 6.95. The standard InChI is InChI=1S/C13H19ClN4O3/c1-8-3-5-13(19,6-4-8)7-15-11-10(18(20)21)9(2)16-12(14)17-11/h8,19H,3-7H2,1-2H3,(H,15,16,17). The first-order valence-corrected chi connectivity index (χ1v) is 7.33. The van der Waals surface area contributed by atoms with Gasteiger partial charge < -0.3 is 10.4 Å². The van der Waals surface area contributed by atoms with Crippen molar-refractivity contribution >= 4 is 23.1 Å². The normalized spacial score (nSPS) is 25.6. The highest BCUT2D eigenvalue weighted by Gasteiger charge is 2.33. The molecule has 21 heavy (non-hydrogen) atoms. The lowest BCUT2D eigenvalue weighted by atomic mass is 9.79. The van der Waals surface area contributed by atoms with Crippen molar-refractivity contribution in [3.8, 4) is 0 Å². The smallest absolute Gasteiger partial charge is 0.332 e. The van der Waals surface area contributed by atoms with Crippen molar-refractivity contribution in [3.63, 3.8) is 0 Å². The van der Waals surface area contributed by atoms with Gasteiger partial charge in [-0.2, -0.15) is 4.98 Å². The summed E-state index contributed by atoms with van der Waals surface area (Å²) in [6, 6.07) is 0. The second-order valence-electron chi connectivity index (χ2n) is 5.79. The number of aliphatic hydroxyl groups is 1. The van der Waals surface area contributed by atoms with Crippen molar-refractivity contribution in [1.82, 2.24) is 9.97 Å². The molecule has 0 aliphatic heterocycles. The zero-order chi connectivity index (χ0) is 15.6. The minimum absolute atomic E-state index is 0.0511. The third-order valence-corrected chi connectivity index (χ3v) is 4.17. The number of anilines is 1. The van der Waals surface area contributed by atoms with Crippen molar-refractivity contribution in [2.45, 2.75) is 45.1 Å². The molecule has 0 unspecified atom stereocenters. The summed E-state index contributed by atoms with van der Waals surface area (Å²) < 4.78 is 0. The van der Waals surface area contributed by atoms with Crippen LogP contribution in [-0.4, -0.2) is 32.1 Å². The number of hydrogen-bond donors (Lipinski definition) is 2. The fourth-order valence-corrected chi connectivity index (χ4v) is 2.81. The average molecular weight is 315 g/mol. The number of nitro groups is 1. The predicted molar refractivity (Wildman–Crippen MR) is 79.5 cm³/mol. The van der Waals surface area contributed by atoms with E-state index in [1.807, 2.05) is 0 Å². The highest BCUT2D eigenvalue weighted by atomic mass is 35.5. The number of nitrogens with one attached hydrogen (secondary N) is 1. The monoisotopic (exact) mass is 314 g/mol. The molecule has 8 heteroatoms. The topological polar surface area (TPSA) is 101 Å². The summed E-state index contributed by atoms with van der Waals surface area (Å²) in [6.07, 6.45) is 3.24. The van der Waals surface area contributed by atoms with E-state index >= 15 is 0 Å². The van der Waals surface area contributed by atoms with Crippen LogP contribution in [0, 0.1) is 23.0 Å². The molecule has 1 fully saturated rings. The van der Waals surface area contributed by atoms with Gasteiger partial charge in [0, 0.05) is 6.54 Å². The van der Waals surface area contributed by atoms with Crippen LogP contribution >= 0.6 is 11.6 Å². The summed E-state index contributed by atoms with van der Waals surface area (Å²) in [7, 11) is 0. The summed E-state index contributed by atoms with van der Waals surface area (Å²) in [5.41, 5.74) is -0.856. The Labute approximate surface area is 127 Å². The number of aromatic nitrogens is 2. The Balaban J connectivity index is 2.14.